The van der Waals surface area contributed by atoms with E-state index in [1.54, 1.807) is 31.3 Å². The van der Waals surface area contributed by atoms with Crippen molar-refractivity contribution in [2.24, 2.45) is 5.73 Å². The zero-order chi connectivity index (χ0) is 26.2. The molecule has 1 rings (SSSR count). The predicted octanol–water partition coefficient (Wildman–Crippen LogP) is -0.407. The molecule has 1 aromatic carbocycles. The van der Waals surface area contributed by atoms with Gasteiger partial charge < -0.3 is 36.5 Å². The van der Waals surface area contributed by atoms with E-state index < -0.39 is 17.3 Å². The quantitative estimate of drug-likeness (QED) is 0.138. The Morgan fingerprint density at radius 1 is 1.14 bits per heavy atom. The van der Waals surface area contributed by atoms with Gasteiger partial charge in [-0.3, -0.25) is 19.2 Å². The summed E-state index contributed by atoms with van der Waals surface area (Å²) in [6.07, 6.45) is 1.21. The van der Waals surface area contributed by atoms with Gasteiger partial charge in [0.1, 0.15) is 12.3 Å². The monoisotopic (exact) mass is 509 g/mol. The Hall–Kier alpha value is -2.96. The van der Waals surface area contributed by atoms with Crippen molar-refractivity contribution in [3.05, 3.63) is 35.4 Å². The highest BCUT2D eigenvalue weighted by atomic mass is 32.2. The molecule has 0 spiro atoms. The van der Waals surface area contributed by atoms with Crippen LogP contribution in [0.2, 0.25) is 0 Å². The summed E-state index contributed by atoms with van der Waals surface area (Å²) >= 11 is 1.10. The standard InChI is InChI=1S/C23H35N5O6S/c1-25-19(23(33)34)15-35-18(14-29)12-21(31)28(2)11-8-20(30)26-9-3-10-27-22(32)17-6-4-16(13-24)5-7-17/h4-7,14,18-19,25H,3,8-13,15,24H2,1-2H3,(H,26,30)(H,27,32)(H,33,34). The van der Waals surface area contributed by atoms with E-state index in [-0.39, 0.29) is 42.9 Å². The van der Waals surface area contributed by atoms with Crippen LogP contribution in [0.5, 0.6) is 0 Å². The number of carboxylic acid groups (broad SMARTS) is 1. The van der Waals surface area contributed by atoms with Crippen LogP contribution in [0, 0.1) is 0 Å². The lowest BCUT2D eigenvalue weighted by Gasteiger charge is -2.19. The van der Waals surface area contributed by atoms with Gasteiger partial charge in [0.25, 0.3) is 5.91 Å². The third kappa shape index (κ3) is 11.8. The van der Waals surface area contributed by atoms with Crippen LogP contribution in [-0.2, 0) is 25.7 Å². The molecule has 0 aliphatic heterocycles. The predicted molar refractivity (Wildman–Crippen MR) is 134 cm³/mol. The number of likely N-dealkylation sites (N-methyl/N-ethyl adjacent to an activating group) is 1. The van der Waals surface area contributed by atoms with Crippen LogP contribution in [-0.4, -0.2) is 90.8 Å². The van der Waals surface area contributed by atoms with E-state index >= 15 is 0 Å². The van der Waals surface area contributed by atoms with E-state index in [1.807, 2.05) is 0 Å². The molecule has 0 saturated heterocycles. The van der Waals surface area contributed by atoms with E-state index in [2.05, 4.69) is 16.0 Å². The van der Waals surface area contributed by atoms with Crippen molar-refractivity contribution < 1.29 is 29.1 Å². The summed E-state index contributed by atoms with van der Waals surface area (Å²) in [5.41, 5.74) is 7.02. The van der Waals surface area contributed by atoms with Crippen LogP contribution < -0.4 is 21.7 Å². The average Bonchev–Trinajstić information content (AvgIpc) is 2.86. The van der Waals surface area contributed by atoms with Crippen molar-refractivity contribution in [1.29, 1.82) is 0 Å². The SMILES string of the molecule is CNC(CSC(C=O)CC(=O)N(C)CCC(=O)NCCCNC(=O)c1ccc(CN)cc1)C(=O)O. The third-order valence-corrected chi connectivity index (χ3v) is 6.40. The minimum atomic E-state index is -1.03. The summed E-state index contributed by atoms with van der Waals surface area (Å²) in [6, 6.07) is 6.21. The first-order chi connectivity index (χ1) is 16.7. The number of hydrogen-bond acceptors (Lipinski definition) is 8. The molecule has 194 valence electrons. The fourth-order valence-corrected chi connectivity index (χ4v) is 3.95. The minimum absolute atomic E-state index is 0.0724. The molecule has 0 radical (unpaired) electrons. The second-order valence-electron chi connectivity index (χ2n) is 7.82. The van der Waals surface area contributed by atoms with Gasteiger partial charge >= 0.3 is 5.97 Å². The number of carbonyl (C=O) groups is 5. The van der Waals surface area contributed by atoms with Crippen molar-refractivity contribution in [2.75, 3.05) is 39.5 Å². The zero-order valence-corrected chi connectivity index (χ0v) is 20.9. The number of nitrogens with one attached hydrogen (secondary N) is 3. The van der Waals surface area contributed by atoms with E-state index in [0.717, 1.165) is 17.3 Å². The maximum atomic E-state index is 12.3. The summed E-state index contributed by atoms with van der Waals surface area (Å²) in [6.45, 7) is 1.38. The molecule has 11 nitrogen and oxygen atoms in total. The number of rotatable bonds is 17. The first-order valence-electron chi connectivity index (χ1n) is 11.3. The van der Waals surface area contributed by atoms with Crippen LogP contribution in [0.3, 0.4) is 0 Å². The molecule has 35 heavy (non-hydrogen) atoms. The number of aldehydes is 1. The summed E-state index contributed by atoms with van der Waals surface area (Å²) in [4.78, 5) is 60.1. The van der Waals surface area contributed by atoms with Crippen molar-refractivity contribution in [3.8, 4) is 0 Å². The molecule has 6 N–H and O–H groups in total. The highest BCUT2D eigenvalue weighted by Gasteiger charge is 2.21. The molecule has 0 aromatic heterocycles. The number of nitrogens with two attached hydrogens (primary N) is 1. The van der Waals surface area contributed by atoms with E-state index in [0.29, 0.717) is 37.9 Å². The molecule has 0 aliphatic carbocycles. The van der Waals surface area contributed by atoms with Crippen LogP contribution in [0.1, 0.15) is 35.2 Å². The van der Waals surface area contributed by atoms with Gasteiger partial charge in [0.2, 0.25) is 11.8 Å². The summed E-state index contributed by atoms with van der Waals surface area (Å²) in [5.74, 6) is -1.61. The normalized spacial score (nSPS) is 12.3. The van der Waals surface area contributed by atoms with Crippen molar-refractivity contribution >= 4 is 41.7 Å². The fraction of sp³-hybridized carbons (Fsp3) is 0.522. The van der Waals surface area contributed by atoms with E-state index in [9.17, 15) is 24.0 Å². The molecule has 3 amide bonds. The van der Waals surface area contributed by atoms with Gasteiger partial charge in [0.15, 0.2) is 0 Å². The fourth-order valence-electron chi connectivity index (χ4n) is 2.87. The smallest absolute Gasteiger partial charge is 0.321 e. The number of aliphatic carboxylic acids is 1. The number of nitrogens with zero attached hydrogens (tertiary/aromatic N) is 1. The summed E-state index contributed by atoms with van der Waals surface area (Å²) in [7, 11) is 3.06. The molecule has 2 atom stereocenters. The van der Waals surface area contributed by atoms with Crippen LogP contribution in [0.25, 0.3) is 0 Å². The highest BCUT2D eigenvalue weighted by molar-refractivity contribution is 8.00. The van der Waals surface area contributed by atoms with Gasteiger partial charge in [-0.15, -0.1) is 11.8 Å². The van der Waals surface area contributed by atoms with E-state index in [4.69, 9.17) is 10.8 Å². The molecule has 1 aromatic rings. The first kappa shape index (κ1) is 30.1. The lowest BCUT2D eigenvalue weighted by molar-refractivity contribution is -0.138. The van der Waals surface area contributed by atoms with Gasteiger partial charge in [0.05, 0.1) is 5.25 Å². The number of amides is 3. The lowest BCUT2D eigenvalue weighted by atomic mass is 10.1. The molecule has 0 bridgehead atoms. The van der Waals surface area contributed by atoms with Crippen LogP contribution in [0.15, 0.2) is 24.3 Å². The van der Waals surface area contributed by atoms with Gasteiger partial charge in [-0.1, -0.05) is 12.1 Å². The number of thioether (sulfide) groups is 1. The molecule has 2 unspecified atom stereocenters. The molecular weight excluding hydrogens is 474 g/mol. The number of carboxylic acids is 1. The van der Waals surface area contributed by atoms with Gasteiger partial charge in [-0.25, -0.2) is 0 Å². The van der Waals surface area contributed by atoms with Crippen molar-refractivity contribution in [2.45, 2.75) is 37.1 Å². The highest BCUT2D eigenvalue weighted by Crippen LogP contribution is 2.15. The number of hydrogen-bond donors (Lipinski definition) is 5. The largest absolute Gasteiger partial charge is 0.480 e. The summed E-state index contributed by atoms with van der Waals surface area (Å²) < 4.78 is 0. The Balaban J connectivity index is 2.24. The Morgan fingerprint density at radius 3 is 2.37 bits per heavy atom. The lowest BCUT2D eigenvalue weighted by Crippen LogP contribution is -2.37. The third-order valence-electron chi connectivity index (χ3n) is 5.16. The molecule has 0 fully saturated rings. The number of benzene rings is 1. The van der Waals surface area contributed by atoms with Gasteiger partial charge in [-0.2, -0.15) is 0 Å². The maximum absolute atomic E-state index is 12.3. The summed E-state index contributed by atoms with van der Waals surface area (Å²) in [5, 5.41) is 16.5. The Kier molecular flexibility index (Phi) is 14.3. The topological polar surface area (TPSA) is 171 Å². The van der Waals surface area contributed by atoms with Crippen LogP contribution in [0.4, 0.5) is 0 Å². The van der Waals surface area contributed by atoms with Gasteiger partial charge in [0, 0.05) is 57.4 Å². The van der Waals surface area contributed by atoms with Crippen molar-refractivity contribution in [3.63, 3.8) is 0 Å². The Labute approximate surface area is 209 Å². The Morgan fingerprint density at radius 2 is 1.80 bits per heavy atom. The molecule has 12 heteroatoms. The molecule has 0 aliphatic rings. The molecule has 0 saturated carbocycles. The first-order valence-corrected chi connectivity index (χ1v) is 12.3. The minimum Gasteiger partial charge on any atom is -0.480 e. The second kappa shape index (κ2) is 16.6. The maximum Gasteiger partial charge on any atom is 0.321 e. The molecule has 0 heterocycles. The average molecular weight is 510 g/mol. The molecular formula is C23H35N5O6S. The van der Waals surface area contributed by atoms with E-state index in [1.165, 1.54) is 11.9 Å². The second-order valence-corrected chi connectivity index (χ2v) is 9.09. The van der Waals surface area contributed by atoms with Crippen LogP contribution >= 0.6 is 11.8 Å². The zero-order valence-electron chi connectivity index (χ0n) is 20.1. The van der Waals surface area contributed by atoms with Gasteiger partial charge in [-0.05, 0) is 31.2 Å². The Bertz CT molecular complexity index is 851. The van der Waals surface area contributed by atoms with Crippen molar-refractivity contribution in [1.82, 2.24) is 20.9 Å². The number of carbonyl (C=O) groups excluding carboxylic acids is 4.